The van der Waals surface area contributed by atoms with E-state index in [1.807, 2.05) is 11.9 Å². The van der Waals surface area contributed by atoms with E-state index in [0.29, 0.717) is 24.8 Å². The molecule has 0 aliphatic heterocycles. The number of aromatic nitrogens is 2. The first kappa shape index (κ1) is 10.8. The van der Waals surface area contributed by atoms with Gasteiger partial charge in [0.25, 0.3) is 5.89 Å². The topological polar surface area (TPSA) is 75.5 Å². The Kier molecular flexibility index (Phi) is 3.33. The van der Waals surface area contributed by atoms with Gasteiger partial charge in [-0.1, -0.05) is 5.16 Å². The molecule has 1 N–H and O–H groups in total. The van der Waals surface area contributed by atoms with Crippen LogP contribution < -0.4 is 0 Å². The van der Waals surface area contributed by atoms with Gasteiger partial charge >= 0.3 is 0 Å². The Morgan fingerprint density at radius 3 is 3.06 bits per heavy atom. The Morgan fingerprint density at radius 1 is 1.50 bits per heavy atom. The fourth-order valence-electron chi connectivity index (χ4n) is 1.31. The third-order valence-electron chi connectivity index (χ3n) is 2.13. The van der Waals surface area contributed by atoms with Crippen molar-refractivity contribution in [3.63, 3.8) is 0 Å². The van der Waals surface area contributed by atoms with Gasteiger partial charge in [0.2, 0.25) is 0 Å². The Hall–Kier alpha value is -1.66. The largest absolute Gasteiger partial charge is 0.472 e. The van der Waals surface area contributed by atoms with Crippen molar-refractivity contribution in [3.05, 3.63) is 24.4 Å². The summed E-state index contributed by atoms with van der Waals surface area (Å²) in [5.41, 5.74) is 0.767. The number of furan rings is 1. The average molecular weight is 223 g/mol. The van der Waals surface area contributed by atoms with E-state index in [9.17, 15) is 0 Å². The van der Waals surface area contributed by atoms with E-state index < -0.39 is 0 Å². The fourth-order valence-corrected chi connectivity index (χ4v) is 1.31. The molecule has 0 unspecified atom stereocenters. The van der Waals surface area contributed by atoms with Crippen LogP contribution in [0.5, 0.6) is 0 Å². The van der Waals surface area contributed by atoms with Crippen molar-refractivity contribution in [3.8, 4) is 11.5 Å². The summed E-state index contributed by atoms with van der Waals surface area (Å²) in [6.45, 7) is 1.24. The maximum atomic E-state index is 8.75. The molecule has 0 aromatic carbocycles. The summed E-state index contributed by atoms with van der Waals surface area (Å²) in [5, 5.41) is 12.6. The van der Waals surface area contributed by atoms with Gasteiger partial charge in [0.05, 0.1) is 25.0 Å². The minimum absolute atomic E-state index is 0.114. The van der Waals surface area contributed by atoms with Crippen molar-refractivity contribution in [2.24, 2.45) is 0 Å². The molecule has 0 aliphatic carbocycles. The Bertz CT molecular complexity index is 424. The van der Waals surface area contributed by atoms with E-state index in [1.165, 1.54) is 0 Å². The lowest BCUT2D eigenvalue weighted by molar-refractivity contribution is 0.213. The van der Waals surface area contributed by atoms with Crippen LogP contribution in [0.3, 0.4) is 0 Å². The first-order valence-electron chi connectivity index (χ1n) is 4.94. The predicted octanol–water partition coefficient (Wildman–Crippen LogP) is 0.754. The Labute approximate surface area is 92.5 Å². The van der Waals surface area contributed by atoms with E-state index in [2.05, 4.69) is 10.1 Å². The highest BCUT2D eigenvalue weighted by Crippen LogP contribution is 2.17. The van der Waals surface area contributed by atoms with Crippen molar-refractivity contribution >= 4 is 0 Å². The zero-order valence-electron chi connectivity index (χ0n) is 8.96. The molecule has 2 aromatic heterocycles. The normalized spacial score (nSPS) is 11.2. The molecular formula is C10H13N3O3. The summed E-state index contributed by atoms with van der Waals surface area (Å²) in [7, 11) is 1.88. The minimum Gasteiger partial charge on any atom is -0.472 e. The van der Waals surface area contributed by atoms with Crippen molar-refractivity contribution in [1.29, 1.82) is 0 Å². The molecule has 0 saturated carbocycles. The second-order valence-electron chi connectivity index (χ2n) is 3.49. The molecule has 0 radical (unpaired) electrons. The highest BCUT2D eigenvalue weighted by atomic mass is 16.5. The first-order chi connectivity index (χ1) is 7.79. The lowest BCUT2D eigenvalue weighted by atomic mass is 10.3. The molecule has 0 amide bonds. The minimum atomic E-state index is 0.114. The van der Waals surface area contributed by atoms with Crippen LogP contribution >= 0.6 is 0 Å². The number of rotatable bonds is 5. The summed E-state index contributed by atoms with van der Waals surface area (Å²) < 4.78 is 10.0. The second-order valence-corrected chi connectivity index (χ2v) is 3.49. The highest BCUT2D eigenvalue weighted by molar-refractivity contribution is 5.49. The van der Waals surface area contributed by atoms with E-state index in [1.54, 1.807) is 18.6 Å². The van der Waals surface area contributed by atoms with Gasteiger partial charge in [-0.25, -0.2) is 0 Å². The van der Waals surface area contributed by atoms with Crippen LogP contribution in [0.2, 0.25) is 0 Å². The van der Waals surface area contributed by atoms with Crippen molar-refractivity contribution in [2.75, 3.05) is 20.2 Å². The fraction of sp³-hybridized carbons (Fsp3) is 0.400. The predicted molar refractivity (Wildman–Crippen MR) is 55.4 cm³/mol. The van der Waals surface area contributed by atoms with Crippen molar-refractivity contribution in [1.82, 2.24) is 15.0 Å². The maximum absolute atomic E-state index is 8.75. The summed E-state index contributed by atoms with van der Waals surface area (Å²) in [6, 6.07) is 1.76. The second kappa shape index (κ2) is 4.91. The molecule has 16 heavy (non-hydrogen) atoms. The van der Waals surface area contributed by atoms with Crippen LogP contribution in [0, 0.1) is 0 Å². The number of likely N-dealkylation sites (N-methyl/N-ethyl adjacent to an activating group) is 1. The molecule has 0 saturated heterocycles. The zero-order valence-corrected chi connectivity index (χ0v) is 8.96. The monoisotopic (exact) mass is 223 g/mol. The molecule has 0 spiro atoms. The van der Waals surface area contributed by atoms with E-state index >= 15 is 0 Å². The lowest BCUT2D eigenvalue weighted by Gasteiger charge is -2.11. The van der Waals surface area contributed by atoms with Gasteiger partial charge in [0.1, 0.15) is 6.26 Å². The first-order valence-corrected chi connectivity index (χ1v) is 4.94. The van der Waals surface area contributed by atoms with Gasteiger partial charge in [-0.05, 0) is 13.1 Å². The molecule has 0 aliphatic rings. The summed E-state index contributed by atoms with van der Waals surface area (Å²) >= 11 is 0. The lowest BCUT2D eigenvalue weighted by Crippen LogP contribution is -2.22. The molecular weight excluding hydrogens is 210 g/mol. The number of aliphatic hydroxyl groups excluding tert-OH is 1. The van der Waals surface area contributed by atoms with Crippen LogP contribution in [0.1, 0.15) is 5.82 Å². The summed E-state index contributed by atoms with van der Waals surface area (Å²) in [6.07, 6.45) is 3.10. The number of hydrogen-bond acceptors (Lipinski definition) is 6. The molecule has 2 rings (SSSR count). The Balaban J connectivity index is 2.03. The number of hydrogen-bond donors (Lipinski definition) is 1. The van der Waals surface area contributed by atoms with Gasteiger partial charge in [-0.15, -0.1) is 0 Å². The van der Waals surface area contributed by atoms with Crippen molar-refractivity contribution in [2.45, 2.75) is 6.54 Å². The number of nitrogens with zero attached hydrogens (tertiary/aromatic N) is 3. The quantitative estimate of drug-likeness (QED) is 0.806. The maximum Gasteiger partial charge on any atom is 0.261 e. The summed E-state index contributed by atoms with van der Waals surface area (Å²) in [4.78, 5) is 6.12. The third kappa shape index (κ3) is 2.47. The van der Waals surface area contributed by atoms with Gasteiger partial charge in [-0.2, -0.15) is 4.98 Å². The van der Waals surface area contributed by atoms with Crippen LogP contribution in [-0.2, 0) is 6.54 Å². The van der Waals surface area contributed by atoms with Crippen LogP contribution in [-0.4, -0.2) is 40.3 Å². The molecule has 86 valence electrons. The highest BCUT2D eigenvalue weighted by Gasteiger charge is 2.10. The SMILES string of the molecule is CN(CCO)Cc1noc(-c2ccoc2)n1. The average Bonchev–Trinajstić information content (AvgIpc) is 2.86. The van der Waals surface area contributed by atoms with E-state index in [0.717, 1.165) is 5.56 Å². The summed E-state index contributed by atoms with van der Waals surface area (Å²) in [5.74, 6) is 1.04. The van der Waals surface area contributed by atoms with Gasteiger partial charge in [0, 0.05) is 6.54 Å². The molecule has 6 nitrogen and oxygen atoms in total. The van der Waals surface area contributed by atoms with Gasteiger partial charge in [0.15, 0.2) is 5.82 Å². The van der Waals surface area contributed by atoms with Crippen molar-refractivity contribution < 1.29 is 14.0 Å². The molecule has 2 heterocycles. The van der Waals surface area contributed by atoms with Crippen LogP contribution in [0.15, 0.2) is 27.5 Å². The molecule has 0 atom stereocenters. The molecule has 0 fully saturated rings. The zero-order chi connectivity index (χ0) is 11.4. The van der Waals surface area contributed by atoms with Gasteiger partial charge < -0.3 is 14.0 Å². The van der Waals surface area contributed by atoms with E-state index in [-0.39, 0.29) is 6.61 Å². The molecule has 6 heteroatoms. The number of aliphatic hydroxyl groups is 1. The van der Waals surface area contributed by atoms with Crippen LogP contribution in [0.25, 0.3) is 11.5 Å². The molecule has 0 bridgehead atoms. The smallest absolute Gasteiger partial charge is 0.261 e. The Morgan fingerprint density at radius 2 is 2.38 bits per heavy atom. The molecule has 2 aromatic rings. The third-order valence-corrected chi connectivity index (χ3v) is 2.13. The van der Waals surface area contributed by atoms with Gasteiger partial charge in [-0.3, -0.25) is 4.90 Å². The van der Waals surface area contributed by atoms with Crippen LogP contribution in [0.4, 0.5) is 0 Å². The van der Waals surface area contributed by atoms with E-state index in [4.69, 9.17) is 14.0 Å². The standard InChI is InChI=1S/C10H13N3O3/c1-13(3-4-14)6-9-11-10(16-12-9)8-2-5-15-7-8/h2,5,7,14H,3-4,6H2,1H3.